The number of hydrogen-bond acceptors (Lipinski definition) is 2. The maximum atomic E-state index is 5.70. The number of nitrogens with two attached hydrogens (primary N) is 1. The summed E-state index contributed by atoms with van der Waals surface area (Å²) >= 11 is 5.70. The highest BCUT2D eigenvalue weighted by molar-refractivity contribution is 6.32. The minimum atomic E-state index is 0.398. The molecule has 1 aromatic heterocycles. The first-order chi connectivity index (χ1) is 5.11. The first-order valence-electron chi connectivity index (χ1n) is 3.53. The molecule has 2 N–H and O–H groups in total. The molecule has 1 rings (SSSR count). The van der Waals surface area contributed by atoms with Gasteiger partial charge in [0.1, 0.15) is 5.82 Å². The second kappa shape index (κ2) is 3.09. The van der Waals surface area contributed by atoms with Gasteiger partial charge in [0.15, 0.2) is 0 Å². The van der Waals surface area contributed by atoms with Crippen molar-refractivity contribution in [3.05, 3.63) is 22.8 Å². The van der Waals surface area contributed by atoms with Crippen molar-refractivity contribution in [2.24, 2.45) is 0 Å². The summed E-state index contributed by atoms with van der Waals surface area (Å²) in [6, 6.07) is 3.67. The lowest BCUT2D eigenvalue weighted by Crippen LogP contribution is -1.97. The Bertz CT molecular complexity index is 258. The number of anilines is 1. The molecule has 0 atom stereocenters. The van der Waals surface area contributed by atoms with E-state index in [-0.39, 0.29) is 0 Å². The molecule has 0 saturated heterocycles. The van der Waals surface area contributed by atoms with Gasteiger partial charge in [0.25, 0.3) is 0 Å². The number of nitrogens with zero attached hydrogens (tertiary/aromatic N) is 1. The van der Waals surface area contributed by atoms with Gasteiger partial charge in [0, 0.05) is 5.69 Å². The van der Waals surface area contributed by atoms with Gasteiger partial charge in [-0.1, -0.05) is 25.4 Å². The van der Waals surface area contributed by atoms with Gasteiger partial charge in [0.05, 0.1) is 5.02 Å². The average Bonchev–Trinajstić information content (AvgIpc) is 1.94. The van der Waals surface area contributed by atoms with Gasteiger partial charge < -0.3 is 5.73 Å². The van der Waals surface area contributed by atoms with E-state index in [0.29, 0.717) is 16.8 Å². The van der Waals surface area contributed by atoms with Gasteiger partial charge in [-0.15, -0.1) is 0 Å². The number of hydrogen-bond donors (Lipinski definition) is 1. The number of pyridine rings is 1. The van der Waals surface area contributed by atoms with Crippen molar-refractivity contribution in [2.45, 2.75) is 19.8 Å². The Balaban J connectivity index is 3.05. The number of nitrogen functional groups attached to an aromatic ring is 1. The topological polar surface area (TPSA) is 38.9 Å². The highest BCUT2D eigenvalue weighted by Gasteiger charge is 2.02. The second-order valence-corrected chi connectivity index (χ2v) is 3.17. The van der Waals surface area contributed by atoms with Crippen LogP contribution in [0, 0.1) is 0 Å². The van der Waals surface area contributed by atoms with Gasteiger partial charge >= 0.3 is 0 Å². The van der Waals surface area contributed by atoms with Crippen LogP contribution in [0.3, 0.4) is 0 Å². The van der Waals surface area contributed by atoms with Crippen molar-refractivity contribution in [1.82, 2.24) is 4.98 Å². The molecule has 11 heavy (non-hydrogen) atoms. The van der Waals surface area contributed by atoms with Crippen molar-refractivity contribution in [2.75, 3.05) is 5.73 Å². The summed E-state index contributed by atoms with van der Waals surface area (Å²) in [5.41, 5.74) is 6.49. The van der Waals surface area contributed by atoms with E-state index in [4.69, 9.17) is 17.3 Å². The summed E-state index contributed by atoms with van der Waals surface area (Å²) in [4.78, 5) is 4.12. The largest absolute Gasteiger partial charge is 0.382 e. The van der Waals surface area contributed by atoms with Crippen LogP contribution in [0.1, 0.15) is 25.5 Å². The maximum absolute atomic E-state index is 5.70. The van der Waals surface area contributed by atoms with Crippen LogP contribution >= 0.6 is 11.6 Å². The van der Waals surface area contributed by atoms with Gasteiger partial charge in [0.2, 0.25) is 0 Å². The molecule has 1 aromatic rings. The third-order valence-electron chi connectivity index (χ3n) is 1.49. The number of aromatic nitrogens is 1. The van der Waals surface area contributed by atoms with Crippen molar-refractivity contribution < 1.29 is 0 Å². The van der Waals surface area contributed by atoms with Crippen LogP contribution in [0.15, 0.2) is 12.1 Å². The van der Waals surface area contributed by atoms with Gasteiger partial charge in [-0.3, -0.25) is 0 Å². The van der Waals surface area contributed by atoms with Gasteiger partial charge in [-0.05, 0) is 18.1 Å². The van der Waals surface area contributed by atoms with Crippen LogP contribution in [-0.4, -0.2) is 4.98 Å². The lowest BCUT2D eigenvalue weighted by molar-refractivity contribution is 0.825. The highest BCUT2D eigenvalue weighted by Crippen LogP contribution is 2.19. The Labute approximate surface area is 71.4 Å². The van der Waals surface area contributed by atoms with Crippen LogP contribution in [0.5, 0.6) is 0 Å². The van der Waals surface area contributed by atoms with Crippen molar-refractivity contribution >= 4 is 17.4 Å². The normalized spacial score (nSPS) is 10.5. The molecular formula is C8H11ClN2. The number of halogens is 1. The molecule has 0 aliphatic carbocycles. The predicted molar refractivity (Wildman–Crippen MR) is 47.7 cm³/mol. The fourth-order valence-corrected chi connectivity index (χ4v) is 0.900. The van der Waals surface area contributed by atoms with E-state index in [9.17, 15) is 0 Å². The van der Waals surface area contributed by atoms with Crippen LogP contribution < -0.4 is 5.73 Å². The van der Waals surface area contributed by atoms with Crippen LogP contribution in [-0.2, 0) is 0 Å². The molecule has 1 heterocycles. The van der Waals surface area contributed by atoms with E-state index in [2.05, 4.69) is 18.8 Å². The summed E-state index contributed by atoms with van der Waals surface area (Å²) in [5.74, 6) is 0.812. The molecule has 0 bridgehead atoms. The lowest BCUT2D eigenvalue weighted by Gasteiger charge is -2.04. The molecule has 2 nitrogen and oxygen atoms in total. The molecule has 0 aromatic carbocycles. The Hall–Kier alpha value is -0.760. The first kappa shape index (κ1) is 8.34. The number of rotatable bonds is 1. The van der Waals surface area contributed by atoms with Crippen LogP contribution in [0.2, 0.25) is 5.02 Å². The average molecular weight is 171 g/mol. The molecule has 0 aliphatic heterocycles. The molecule has 0 amide bonds. The van der Waals surface area contributed by atoms with Gasteiger partial charge in [-0.25, -0.2) is 4.98 Å². The zero-order valence-corrected chi connectivity index (χ0v) is 7.39. The minimum Gasteiger partial charge on any atom is -0.382 e. The van der Waals surface area contributed by atoms with Gasteiger partial charge in [-0.2, -0.15) is 0 Å². The summed E-state index contributed by atoms with van der Waals surface area (Å²) in [5, 5.41) is 0.523. The minimum absolute atomic E-state index is 0.398. The molecule has 3 heteroatoms. The Kier molecular flexibility index (Phi) is 2.35. The van der Waals surface area contributed by atoms with E-state index >= 15 is 0 Å². The first-order valence-corrected chi connectivity index (χ1v) is 3.91. The summed E-state index contributed by atoms with van der Waals surface area (Å²) < 4.78 is 0. The Morgan fingerprint density at radius 2 is 2.09 bits per heavy atom. The Morgan fingerprint density at radius 1 is 1.45 bits per heavy atom. The fourth-order valence-electron chi connectivity index (χ4n) is 0.795. The van der Waals surface area contributed by atoms with E-state index < -0.39 is 0 Å². The lowest BCUT2D eigenvalue weighted by atomic mass is 10.1. The maximum Gasteiger partial charge on any atom is 0.142 e. The molecule has 0 spiro atoms. The molecule has 60 valence electrons. The van der Waals surface area contributed by atoms with Crippen molar-refractivity contribution in [3.63, 3.8) is 0 Å². The molecular weight excluding hydrogens is 160 g/mol. The van der Waals surface area contributed by atoms with E-state index in [1.165, 1.54) is 0 Å². The van der Waals surface area contributed by atoms with E-state index in [0.717, 1.165) is 5.69 Å². The fraction of sp³-hybridized carbons (Fsp3) is 0.375. The smallest absolute Gasteiger partial charge is 0.142 e. The van der Waals surface area contributed by atoms with Crippen LogP contribution in [0.4, 0.5) is 5.82 Å². The molecule has 0 fully saturated rings. The van der Waals surface area contributed by atoms with Crippen LogP contribution in [0.25, 0.3) is 0 Å². The van der Waals surface area contributed by atoms with Crippen molar-refractivity contribution in [1.29, 1.82) is 0 Å². The monoisotopic (exact) mass is 170 g/mol. The third-order valence-corrected chi connectivity index (χ3v) is 1.81. The molecule has 0 unspecified atom stereocenters. The summed E-state index contributed by atoms with van der Waals surface area (Å²) in [6.07, 6.45) is 0. The third kappa shape index (κ3) is 1.84. The Morgan fingerprint density at radius 3 is 2.55 bits per heavy atom. The zero-order chi connectivity index (χ0) is 8.43. The quantitative estimate of drug-likeness (QED) is 0.703. The second-order valence-electron chi connectivity index (χ2n) is 2.76. The molecule has 0 radical (unpaired) electrons. The summed E-state index contributed by atoms with van der Waals surface area (Å²) in [7, 11) is 0. The highest BCUT2D eigenvalue weighted by atomic mass is 35.5. The van der Waals surface area contributed by atoms with Crippen molar-refractivity contribution in [3.8, 4) is 0 Å². The SMILES string of the molecule is CC(C)c1ccc(Cl)c(N)n1. The predicted octanol–water partition coefficient (Wildman–Crippen LogP) is 2.44. The van der Waals surface area contributed by atoms with E-state index in [1.807, 2.05) is 6.07 Å². The summed E-state index contributed by atoms with van der Waals surface area (Å²) in [6.45, 7) is 4.13. The van der Waals surface area contributed by atoms with E-state index in [1.54, 1.807) is 6.07 Å². The molecule has 0 aliphatic rings. The molecule has 0 saturated carbocycles. The standard InChI is InChI=1S/C8H11ClN2/c1-5(2)7-4-3-6(9)8(10)11-7/h3-5H,1-2H3,(H2,10,11). The zero-order valence-electron chi connectivity index (χ0n) is 6.63.